The third-order valence-corrected chi connectivity index (χ3v) is 4.46. The second kappa shape index (κ2) is 10.2. The van der Waals surface area contributed by atoms with Gasteiger partial charge in [0.05, 0.1) is 6.61 Å². The quantitative estimate of drug-likeness (QED) is 0.700. The second-order valence-electron chi connectivity index (χ2n) is 6.49. The summed E-state index contributed by atoms with van der Waals surface area (Å²) in [4.78, 5) is 14.5. The van der Waals surface area contributed by atoms with E-state index in [1.165, 1.54) is 19.3 Å². The van der Waals surface area contributed by atoms with Crippen LogP contribution in [0.3, 0.4) is 0 Å². The Morgan fingerprint density at radius 2 is 2.05 bits per heavy atom. The molecule has 2 unspecified atom stereocenters. The fourth-order valence-corrected chi connectivity index (χ4v) is 3.07. The summed E-state index contributed by atoms with van der Waals surface area (Å²) in [6.07, 6.45) is 4.85. The first-order valence-electron chi connectivity index (χ1n) is 8.70. The van der Waals surface area contributed by atoms with Gasteiger partial charge < -0.3 is 15.0 Å². The number of hydrogen-bond acceptors (Lipinski definition) is 4. The lowest BCUT2D eigenvalue weighted by Gasteiger charge is -2.26. The Kier molecular flexibility index (Phi) is 8.93. The van der Waals surface area contributed by atoms with Gasteiger partial charge in [0, 0.05) is 6.54 Å². The van der Waals surface area contributed by atoms with Gasteiger partial charge in [0.15, 0.2) is 0 Å². The highest BCUT2D eigenvalue weighted by atomic mass is 16.5. The minimum atomic E-state index is -0.180. The molecule has 1 heterocycles. The van der Waals surface area contributed by atoms with Crippen LogP contribution in [0.25, 0.3) is 0 Å². The largest absolute Gasteiger partial charge is 0.465 e. The Labute approximate surface area is 130 Å². The Morgan fingerprint density at radius 1 is 1.29 bits per heavy atom. The van der Waals surface area contributed by atoms with Crippen LogP contribution in [-0.4, -0.2) is 49.7 Å². The van der Waals surface area contributed by atoms with Crippen molar-refractivity contribution in [3.8, 4) is 0 Å². The predicted octanol–water partition coefficient (Wildman–Crippen LogP) is 2.68. The Balaban J connectivity index is 2.51. The van der Waals surface area contributed by atoms with Crippen LogP contribution >= 0.6 is 0 Å². The highest BCUT2D eigenvalue weighted by molar-refractivity contribution is 5.76. The second-order valence-corrected chi connectivity index (χ2v) is 6.49. The maximum atomic E-state index is 12.1. The number of likely N-dealkylation sites (tertiary alicyclic amines) is 1. The van der Waals surface area contributed by atoms with Crippen LogP contribution in [0.2, 0.25) is 0 Å². The van der Waals surface area contributed by atoms with Gasteiger partial charge in [0.25, 0.3) is 0 Å². The van der Waals surface area contributed by atoms with Crippen LogP contribution in [0.1, 0.15) is 53.4 Å². The molecular formula is C17H34N2O2. The first-order valence-corrected chi connectivity index (χ1v) is 8.70. The maximum absolute atomic E-state index is 12.1. The molecule has 0 aromatic rings. The number of nitrogens with one attached hydrogen (secondary N) is 1. The molecule has 1 fully saturated rings. The molecule has 0 spiro atoms. The average Bonchev–Trinajstić information content (AvgIpc) is 2.69. The lowest BCUT2D eigenvalue weighted by Crippen LogP contribution is -2.47. The summed E-state index contributed by atoms with van der Waals surface area (Å²) in [5, 5.41) is 3.34. The van der Waals surface area contributed by atoms with Gasteiger partial charge in [-0.3, -0.25) is 4.79 Å². The summed E-state index contributed by atoms with van der Waals surface area (Å²) in [5.74, 6) is 1.50. The Hall–Kier alpha value is -0.610. The molecule has 1 rings (SSSR count). The van der Waals surface area contributed by atoms with Gasteiger partial charge in [-0.1, -0.05) is 20.8 Å². The van der Waals surface area contributed by atoms with Gasteiger partial charge >= 0.3 is 5.97 Å². The van der Waals surface area contributed by atoms with E-state index in [1.807, 2.05) is 6.92 Å². The highest BCUT2D eigenvalue weighted by Crippen LogP contribution is 2.24. The van der Waals surface area contributed by atoms with E-state index in [-0.39, 0.29) is 12.0 Å². The van der Waals surface area contributed by atoms with Crippen LogP contribution in [0.5, 0.6) is 0 Å². The minimum absolute atomic E-state index is 0.101. The van der Waals surface area contributed by atoms with Gasteiger partial charge in [0.2, 0.25) is 0 Å². The zero-order chi connectivity index (χ0) is 15.7. The molecule has 0 bridgehead atoms. The fourth-order valence-electron chi connectivity index (χ4n) is 3.07. The Morgan fingerprint density at radius 3 is 2.67 bits per heavy atom. The molecule has 1 saturated heterocycles. The molecule has 2 atom stereocenters. The van der Waals surface area contributed by atoms with Crippen molar-refractivity contribution in [1.82, 2.24) is 10.2 Å². The standard InChI is InChI=1S/C17H34N2O2/c1-5-10-18-16(17(20)21-6-2)13-19-11-7-8-15(9-12-19)14(3)4/h14-16,18H,5-13H2,1-4H3. The lowest BCUT2D eigenvalue weighted by atomic mass is 9.89. The molecule has 1 aliphatic rings. The van der Waals surface area contributed by atoms with Crippen molar-refractivity contribution >= 4 is 5.97 Å². The lowest BCUT2D eigenvalue weighted by molar-refractivity contribution is -0.146. The summed E-state index contributed by atoms with van der Waals surface area (Å²) < 4.78 is 5.21. The molecule has 0 aromatic carbocycles. The van der Waals surface area contributed by atoms with Crippen molar-refractivity contribution in [2.24, 2.45) is 11.8 Å². The maximum Gasteiger partial charge on any atom is 0.324 e. The number of rotatable bonds is 8. The molecule has 4 heteroatoms. The topological polar surface area (TPSA) is 41.6 Å². The molecular weight excluding hydrogens is 264 g/mol. The van der Waals surface area contributed by atoms with Gasteiger partial charge in [-0.05, 0) is 64.1 Å². The number of carbonyl (C=O) groups is 1. The van der Waals surface area contributed by atoms with E-state index in [2.05, 4.69) is 31.0 Å². The van der Waals surface area contributed by atoms with Crippen LogP contribution in [0.4, 0.5) is 0 Å². The van der Waals surface area contributed by atoms with Crippen molar-refractivity contribution < 1.29 is 9.53 Å². The van der Waals surface area contributed by atoms with Crippen molar-refractivity contribution in [2.45, 2.75) is 59.4 Å². The normalized spacial score (nSPS) is 22.0. The number of carbonyl (C=O) groups excluding carboxylic acids is 1. The van der Waals surface area contributed by atoms with Crippen molar-refractivity contribution in [1.29, 1.82) is 0 Å². The molecule has 1 N–H and O–H groups in total. The van der Waals surface area contributed by atoms with E-state index in [1.54, 1.807) is 0 Å². The van der Waals surface area contributed by atoms with Gasteiger partial charge in [-0.2, -0.15) is 0 Å². The minimum Gasteiger partial charge on any atom is -0.465 e. The van der Waals surface area contributed by atoms with E-state index in [9.17, 15) is 4.79 Å². The first kappa shape index (κ1) is 18.4. The van der Waals surface area contributed by atoms with Crippen molar-refractivity contribution in [2.75, 3.05) is 32.8 Å². The third-order valence-electron chi connectivity index (χ3n) is 4.46. The van der Waals surface area contributed by atoms with Crippen LogP contribution in [-0.2, 0) is 9.53 Å². The number of esters is 1. The van der Waals surface area contributed by atoms with Gasteiger partial charge in [0.1, 0.15) is 6.04 Å². The smallest absolute Gasteiger partial charge is 0.324 e. The average molecular weight is 298 g/mol. The predicted molar refractivity (Wildman–Crippen MR) is 87.3 cm³/mol. The molecule has 1 aliphatic heterocycles. The molecule has 21 heavy (non-hydrogen) atoms. The molecule has 4 nitrogen and oxygen atoms in total. The number of ether oxygens (including phenoxy) is 1. The van der Waals surface area contributed by atoms with Gasteiger partial charge in [-0.15, -0.1) is 0 Å². The molecule has 0 amide bonds. The molecule has 124 valence electrons. The van der Waals surface area contributed by atoms with Crippen LogP contribution in [0, 0.1) is 11.8 Å². The van der Waals surface area contributed by atoms with Crippen molar-refractivity contribution in [3.05, 3.63) is 0 Å². The van der Waals surface area contributed by atoms with E-state index in [0.29, 0.717) is 6.61 Å². The number of nitrogens with zero attached hydrogens (tertiary/aromatic N) is 1. The Bertz CT molecular complexity index is 295. The molecule has 0 aliphatic carbocycles. The summed E-state index contributed by atoms with van der Waals surface area (Å²) >= 11 is 0. The summed E-state index contributed by atoms with van der Waals surface area (Å²) in [7, 11) is 0. The van der Waals surface area contributed by atoms with Crippen LogP contribution < -0.4 is 5.32 Å². The van der Waals surface area contributed by atoms with E-state index >= 15 is 0 Å². The monoisotopic (exact) mass is 298 g/mol. The summed E-state index contributed by atoms with van der Waals surface area (Å²) in [6.45, 7) is 12.9. The van der Waals surface area contributed by atoms with E-state index in [0.717, 1.165) is 44.4 Å². The first-order chi connectivity index (χ1) is 10.1. The molecule has 0 aromatic heterocycles. The molecule has 0 saturated carbocycles. The third kappa shape index (κ3) is 6.79. The number of hydrogen-bond donors (Lipinski definition) is 1. The SMILES string of the molecule is CCCNC(CN1CCCC(C(C)C)CC1)C(=O)OCC. The summed E-state index contributed by atoms with van der Waals surface area (Å²) in [5.41, 5.74) is 0. The van der Waals surface area contributed by atoms with E-state index in [4.69, 9.17) is 4.74 Å². The van der Waals surface area contributed by atoms with Crippen molar-refractivity contribution in [3.63, 3.8) is 0 Å². The zero-order valence-electron chi connectivity index (χ0n) is 14.4. The highest BCUT2D eigenvalue weighted by Gasteiger charge is 2.25. The van der Waals surface area contributed by atoms with Gasteiger partial charge in [-0.25, -0.2) is 0 Å². The zero-order valence-corrected chi connectivity index (χ0v) is 14.4. The fraction of sp³-hybridized carbons (Fsp3) is 0.941. The van der Waals surface area contributed by atoms with Crippen LogP contribution in [0.15, 0.2) is 0 Å². The summed E-state index contributed by atoms with van der Waals surface area (Å²) in [6, 6.07) is -0.180. The molecule has 0 radical (unpaired) electrons. The van der Waals surface area contributed by atoms with E-state index < -0.39 is 0 Å².